The molecule has 27 heavy (non-hydrogen) atoms. The number of benzene rings is 2. The van der Waals surface area contributed by atoms with E-state index in [9.17, 15) is 4.79 Å². The van der Waals surface area contributed by atoms with E-state index in [1.54, 1.807) is 6.33 Å². The summed E-state index contributed by atoms with van der Waals surface area (Å²) in [4.78, 5) is 23.7. The molecule has 2 aromatic carbocycles. The number of nitrogens with zero attached hydrogens (tertiary/aromatic N) is 3. The van der Waals surface area contributed by atoms with Gasteiger partial charge in [-0.3, -0.25) is 4.79 Å². The van der Waals surface area contributed by atoms with Gasteiger partial charge in [-0.2, -0.15) is 0 Å². The summed E-state index contributed by atoms with van der Waals surface area (Å²) in [5.74, 6) is 0.913. The standard InChI is InChI=1S/C21H21BrN4O/c22-16-9-10-19-18(12-16)20(25-14-24-19)26-11-5-4-8-17(26)13-23-21(27)15-6-2-1-3-7-15/h1-3,6-7,9-10,12,14,17H,4-5,8,11,13H2,(H,23,27). The summed E-state index contributed by atoms with van der Waals surface area (Å²) in [5.41, 5.74) is 1.62. The highest BCUT2D eigenvalue weighted by Gasteiger charge is 2.25. The van der Waals surface area contributed by atoms with E-state index in [0.29, 0.717) is 12.1 Å². The molecular formula is C21H21BrN4O. The summed E-state index contributed by atoms with van der Waals surface area (Å²) in [6, 6.07) is 15.6. The Hall–Kier alpha value is -2.47. The Morgan fingerprint density at radius 2 is 2.00 bits per heavy atom. The van der Waals surface area contributed by atoms with Gasteiger partial charge in [0.1, 0.15) is 12.1 Å². The highest BCUT2D eigenvalue weighted by Crippen LogP contribution is 2.30. The third-order valence-corrected chi connectivity index (χ3v) is 5.50. The van der Waals surface area contributed by atoms with E-state index in [4.69, 9.17) is 0 Å². The lowest BCUT2D eigenvalue weighted by Crippen LogP contribution is -2.47. The molecule has 1 fully saturated rings. The van der Waals surface area contributed by atoms with Crippen LogP contribution in [0.25, 0.3) is 10.9 Å². The number of carbonyl (C=O) groups excluding carboxylic acids is 1. The molecule has 4 rings (SSSR count). The molecule has 1 amide bonds. The number of anilines is 1. The van der Waals surface area contributed by atoms with Gasteiger partial charge in [-0.05, 0) is 49.6 Å². The zero-order valence-corrected chi connectivity index (χ0v) is 16.5. The Morgan fingerprint density at radius 3 is 2.85 bits per heavy atom. The van der Waals surface area contributed by atoms with Crippen LogP contribution in [0.2, 0.25) is 0 Å². The van der Waals surface area contributed by atoms with Gasteiger partial charge in [0.05, 0.1) is 5.52 Å². The van der Waals surface area contributed by atoms with E-state index < -0.39 is 0 Å². The highest BCUT2D eigenvalue weighted by molar-refractivity contribution is 9.10. The zero-order valence-electron chi connectivity index (χ0n) is 14.9. The van der Waals surface area contributed by atoms with Crippen LogP contribution < -0.4 is 10.2 Å². The minimum atomic E-state index is -0.0311. The zero-order chi connectivity index (χ0) is 18.6. The molecular weight excluding hydrogens is 404 g/mol. The van der Waals surface area contributed by atoms with E-state index >= 15 is 0 Å². The van der Waals surface area contributed by atoms with Crippen LogP contribution in [0, 0.1) is 0 Å². The number of hydrogen-bond acceptors (Lipinski definition) is 4. The summed E-state index contributed by atoms with van der Waals surface area (Å²) < 4.78 is 1.01. The summed E-state index contributed by atoms with van der Waals surface area (Å²) >= 11 is 3.55. The van der Waals surface area contributed by atoms with Crippen LogP contribution in [0.3, 0.4) is 0 Å². The topological polar surface area (TPSA) is 58.1 Å². The van der Waals surface area contributed by atoms with Gasteiger partial charge in [0, 0.05) is 34.6 Å². The SMILES string of the molecule is O=C(NCC1CCCCN1c1ncnc2ccc(Br)cc12)c1ccccc1. The Balaban J connectivity index is 1.56. The number of aromatic nitrogens is 2. The van der Waals surface area contributed by atoms with E-state index in [1.807, 2.05) is 42.5 Å². The fourth-order valence-corrected chi connectivity index (χ4v) is 4.00. The van der Waals surface area contributed by atoms with Crippen molar-refractivity contribution in [3.63, 3.8) is 0 Å². The minimum Gasteiger partial charge on any atom is -0.351 e. The molecule has 5 nitrogen and oxygen atoms in total. The Bertz CT molecular complexity index is 947. The third kappa shape index (κ3) is 3.95. The maximum absolute atomic E-state index is 12.4. The lowest BCUT2D eigenvalue weighted by Gasteiger charge is -2.37. The average molecular weight is 425 g/mol. The molecule has 0 saturated carbocycles. The van der Waals surface area contributed by atoms with Gasteiger partial charge in [0.15, 0.2) is 0 Å². The number of piperidine rings is 1. The van der Waals surface area contributed by atoms with Gasteiger partial charge in [-0.1, -0.05) is 34.1 Å². The van der Waals surface area contributed by atoms with E-state index in [-0.39, 0.29) is 11.9 Å². The molecule has 3 aromatic rings. The molecule has 0 aliphatic carbocycles. The van der Waals surface area contributed by atoms with Crippen molar-refractivity contribution in [2.75, 3.05) is 18.0 Å². The predicted molar refractivity (Wildman–Crippen MR) is 111 cm³/mol. The van der Waals surface area contributed by atoms with Gasteiger partial charge in [0.25, 0.3) is 5.91 Å². The van der Waals surface area contributed by atoms with E-state index in [0.717, 1.165) is 47.0 Å². The lowest BCUT2D eigenvalue weighted by molar-refractivity contribution is 0.0949. The first-order chi connectivity index (χ1) is 13.2. The van der Waals surface area contributed by atoms with E-state index in [1.165, 1.54) is 0 Å². The molecule has 1 aliphatic rings. The second-order valence-corrected chi connectivity index (χ2v) is 7.69. The maximum Gasteiger partial charge on any atom is 0.251 e. The largest absolute Gasteiger partial charge is 0.351 e. The first-order valence-electron chi connectivity index (χ1n) is 9.22. The maximum atomic E-state index is 12.4. The Morgan fingerprint density at radius 1 is 1.15 bits per heavy atom. The fourth-order valence-electron chi connectivity index (χ4n) is 3.64. The number of rotatable bonds is 4. The van der Waals surface area contributed by atoms with Crippen LogP contribution in [0.1, 0.15) is 29.6 Å². The Kier molecular flexibility index (Phi) is 5.34. The van der Waals surface area contributed by atoms with Crippen molar-refractivity contribution in [2.45, 2.75) is 25.3 Å². The van der Waals surface area contributed by atoms with Crippen LogP contribution >= 0.6 is 15.9 Å². The molecule has 2 heterocycles. The second-order valence-electron chi connectivity index (χ2n) is 6.78. The lowest BCUT2D eigenvalue weighted by atomic mass is 10.0. The average Bonchev–Trinajstić information content (AvgIpc) is 2.72. The van der Waals surface area contributed by atoms with E-state index in [2.05, 4.69) is 42.2 Å². The van der Waals surface area contributed by atoms with Crippen molar-refractivity contribution >= 4 is 38.6 Å². The third-order valence-electron chi connectivity index (χ3n) is 5.01. The van der Waals surface area contributed by atoms with Crippen molar-refractivity contribution in [1.82, 2.24) is 15.3 Å². The molecule has 1 saturated heterocycles. The molecule has 1 atom stereocenters. The number of halogens is 1. The number of carbonyl (C=O) groups is 1. The molecule has 6 heteroatoms. The number of amides is 1. The van der Waals surface area contributed by atoms with Crippen molar-refractivity contribution in [3.05, 3.63) is 64.9 Å². The summed E-state index contributed by atoms with van der Waals surface area (Å²) in [7, 11) is 0. The quantitative estimate of drug-likeness (QED) is 0.682. The van der Waals surface area contributed by atoms with Gasteiger partial charge in [-0.15, -0.1) is 0 Å². The minimum absolute atomic E-state index is 0.0311. The molecule has 1 aliphatic heterocycles. The van der Waals surface area contributed by atoms with Gasteiger partial charge < -0.3 is 10.2 Å². The van der Waals surface area contributed by atoms with Gasteiger partial charge >= 0.3 is 0 Å². The monoisotopic (exact) mass is 424 g/mol. The van der Waals surface area contributed by atoms with Crippen LogP contribution in [0.15, 0.2) is 59.3 Å². The van der Waals surface area contributed by atoms with Crippen molar-refractivity contribution in [3.8, 4) is 0 Å². The van der Waals surface area contributed by atoms with Crippen LogP contribution in [-0.4, -0.2) is 35.0 Å². The van der Waals surface area contributed by atoms with Crippen LogP contribution in [0.5, 0.6) is 0 Å². The van der Waals surface area contributed by atoms with Crippen LogP contribution in [-0.2, 0) is 0 Å². The molecule has 138 valence electrons. The normalized spacial score (nSPS) is 17.1. The number of nitrogens with one attached hydrogen (secondary N) is 1. The molecule has 0 spiro atoms. The number of hydrogen-bond donors (Lipinski definition) is 1. The van der Waals surface area contributed by atoms with Gasteiger partial charge in [0.2, 0.25) is 0 Å². The van der Waals surface area contributed by atoms with Crippen molar-refractivity contribution in [2.24, 2.45) is 0 Å². The second kappa shape index (κ2) is 8.05. The molecule has 1 N–H and O–H groups in total. The summed E-state index contributed by atoms with van der Waals surface area (Å²) in [5, 5.41) is 4.13. The van der Waals surface area contributed by atoms with Crippen LogP contribution in [0.4, 0.5) is 5.82 Å². The Labute approximate surface area is 166 Å². The molecule has 0 bridgehead atoms. The molecule has 1 unspecified atom stereocenters. The first-order valence-corrected chi connectivity index (χ1v) is 10.0. The predicted octanol–water partition coefficient (Wildman–Crippen LogP) is 4.18. The summed E-state index contributed by atoms with van der Waals surface area (Å²) in [6.45, 7) is 1.54. The number of fused-ring (bicyclic) bond motifs is 1. The highest BCUT2D eigenvalue weighted by atomic mass is 79.9. The first kappa shape index (κ1) is 17.9. The van der Waals surface area contributed by atoms with Gasteiger partial charge in [-0.25, -0.2) is 9.97 Å². The fraction of sp³-hybridized carbons (Fsp3) is 0.286. The van der Waals surface area contributed by atoms with Crippen molar-refractivity contribution < 1.29 is 4.79 Å². The smallest absolute Gasteiger partial charge is 0.251 e. The molecule has 0 radical (unpaired) electrons. The van der Waals surface area contributed by atoms with Crippen molar-refractivity contribution in [1.29, 1.82) is 0 Å². The molecule has 1 aromatic heterocycles. The summed E-state index contributed by atoms with van der Waals surface area (Å²) in [6.07, 6.45) is 4.95.